The molecule has 0 heterocycles. The summed E-state index contributed by atoms with van der Waals surface area (Å²) in [5.41, 5.74) is 6.63. The highest BCUT2D eigenvalue weighted by molar-refractivity contribution is 5.91. The number of hydrogen-bond donors (Lipinski definition) is 4. The highest BCUT2D eigenvalue weighted by atomic mass is 16.4. The van der Waals surface area contributed by atoms with Crippen molar-refractivity contribution in [2.24, 2.45) is 11.7 Å². The minimum absolute atomic E-state index is 0.0746. The maximum atomic E-state index is 12.2. The van der Waals surface area contributed by atoms with Gasteiger partial charge in [0.25, 0.3) is 0 Å². The van der Waals surface area contributed by atoms with E-state index in [-0.39, 0.29) is 12.3 Å². The third-order valence-corrected chi connectivity index (χ3v) is 3.35. The summed E-state index contributed by atoms with van der Waals surface area (Å²) in [5.74, 6) is -2.22. The van der Waals surface area contributed by atoms with E-state index in [0.717, 1.165) is 5.56 Å². The monoisotopic (exact) mass is 321 g/mol. The molecular formula is C16H23N3O4. The van der Waals surface area contributed by atoms with E-state index in [0.29, 0.717) is 0 Å². The van der Waals surface area contributed by atoms with E-state index in [4.69, 9.17) is 10.8 Å². The first-order valence-electron chi connectivity index (χ1n) is 7.40. The molecule has 2 atom stereocenters. The number of amides is 2. The van der Waals surface area contributed by atoms with E-state index in [1.165, 1.54) is 0 Å². The molecular weight excluding hydrogens is 298 g/mol. The largest absolute Gasteiger partial charge is 0.480 e. The van der Waals surface area contributed by atoms with Crippen LogP contribution in [0.3, 0.4) is 0 Å². The van der Waals surface area contributed by atoms with Gasteiger partial charge in [0.05, 0.1) is 6.04 Å². The average molecular weight is 321 g/mol. The number of carboxylic acids is 1. The number of hydrogen-bond acceptors (Lipinski definition) is 4. The second kappa shape index (κ2) is 8.89. The SMILES string of the molecule is CC(C)C(N)C(=O)NC(Cc1ccccc1)C(=O)NCC(=O)O. The van der Waals surface area contributed by atoms with Crippen molar-refractivity contribution in [1.29, 1.82) is 0 Å². The third kappa shape index (κ3) is 6.48. The summed E-state index contributed by atoms with van der Waals surface area (Å²) in [7, 11) is 0. The van der Waals surface area contributed by atoms with Gasteiger partial charge in [0.2, 0.25) is 11.8 Å². The molecule has 23 heavy (non-hydrogen) atoms. The summed E-state index contributed by atoms with van der Waals surface area (Å²) in [5, 5.41) is 13.5. The number of carboxylic acid groups (broad SMARTS) is 1. The zero-order valence-corrected chi connectivity index (χ0v) is 13.3. The molecule has 1 aromatic carbocycles. The van der Waals surface area contributed by atoms with Crippen LogP contribution >= 0.6 is 0 Å². The van der Waals surface area contributed by atoms with Gasteiger partial charge >= 0.3 is 5.97 Å². The van der Waals surface area contributed by atoms with Crippen molar-refractivity contribution in [3.63, 3.8) is 0 Å². The van der Waals surface area contributed by atoms with Crippen molar-refractivity contribution in [3.8, 4) is 0 Å². The van der Waals surface area contributed by atoms with E-state index < -0.39 is 36.4 Å². The van der Waals surface area contributed by atoms with Gasteiger partial charge in [-0.3, -0.25) is 14.4 Å². The number of nitrogens with two attached hydrogens (primary N) is 1. The van der Waals surface area contributed by atoms with Crippen LogP contribution < -0.4 is 16.4 Å². The highest BCUT2D eigenvalue weighted by Gasteiger charge is 2.25. The molecule has 0 bridgehead atoms. The molecule has 0 aliphatic heterocycles. The maximum Gasteiger partial charge on any atom is 0.322 e. The molecule has 1 aromatic rings. The Morgan fingerprint density at radius 3 is 2.26 bits per heavy atom. The lowest BCUT2D eigenvalue weighted by molar-refractivity contribution is -0.138. The lowest BCUT2D eigenvalue weighted by Crippen LogP contribution is -2.54. The molecule has 0 saturated heterocycles. The summed E-state index contributed by atoms with van der Waals surface area (Å²) in [6, 6.07) is 7.52. The Bertz CT molecular complexity index is 546. The fourth-order valence-corrected chi connectivity index (χ4v) is 1.92. The minimum Gasteiger partial charge on any atom is -0.480 e. The van der Waals surface area contributed by atoms with Gasteiger partial charge in [-0.1, -0.05) is 44.2 Å². The summed E-state index contributed by atoms with van der Waals surface area (Å²) in [4.78, 5) is 34.8. The predicted molar refractivity (Wildman–Crippen MR) is 85.5 cm³/mol. The Balaban J connectivity index is 2.81. The number of aliphatic carboxylic acids is 1. The van der Waals surface area contributed by atoms with Crippen molar-refractivity contribution in [2.75, 3.05) is 6.54 Å². The number of carbonyl (C=O) groups excluding carboxylic acids is 2. The van der Waals surface area contributed by atoms with Crippen LogP contribution in [0.1, 0.15) is 19.4 Å². The third-order valence-electron chi connectivity index (χ3n) is 3.35. The molecule has 0 aliphatic rings. The number of rotatable bonds is 8. The van der Waals surface area contributed by atoms with Crippen molar-refractivity contribution < 1.29 is 19.5 Å². The van der Waals surface area contributed by atoms with Crippen LogP contribution in [0, 0.1) is 5.92 Å². The average Bonchev–Trinajstić information content (AvgIpc) is 2.51. The highest BCUT2D eigenvalue weighted by Crippen LogP contribution is 2.05. The second-order valence-electron chi connectivity index (χ2n) is 5.63. The van der Waals surface area contributed by atoms with Crippen LogP contribution in [0.25, 0.3) is 0 Å². The summed E-state index contributed by atoms with van der Waals surface area (Å²) < 4.78 is 0. The first-order chi connectivity index (χ1) is 10.8. The van der Waals surface area contributed by atoms with Crippen molar-refractivity contribution in [1.82, 2.24) is 10.6 Å². The molecule has 1 rings (SSSR count). The Kier molecular flexibility index (Phi) is 7.21. The first kappa shape index (κ1) is 18.6. The molecule has 0 spiro atoms. The molecule has 0 aliphatic carbocycles. The lowest BCUT2D eigenvalue weighted by atomic mass is 10.0. The molecule has 7 nitrogen and oxygen atoms in total. The summed E-state index contributed by atoms with van der Waals surface area (Å²) >= 11 is 0. The van der Waals surface area contributed by atoms with Gasteiger partial charge in [0.1, 0.15) is 12.6 Å². The number of nitrogens with one attached hydrogen (secondary N) is 2. The predicted octanol–water partition coefficient (Wildman–Crippen LogP) is -0.102. The van der Waals surface area contributed by atoms with Gasteiger partial charge < -0.3 is 21.5 Å². The van der Waals surface area contributed by atoms with E-state index in [9.17, 15) is 14.4 Å². The number of benzene rings is 1. The van der Waals surface area contributed by atoms with Gasteiger partial charge in [0, 0.05) is 6.42 Å². The second-order valence-corrected chi connectivity index (χ2v) is 5.63. The first-order valence-corrected chi connectivity index (χ1v) is 7.40. The smallest absolute Gasteiger partial charge is 0.322 e. The van der Waals surface area contributed by atoms with Crippen LogP contribution in [0.2, 0.25) is 0 Å². The Labute approximate surface area is 135 Å². The Hall–Kier alpha value is -2.41. The van der Waals surface area contributed by atoms with Crippen LogP contribution in [-0.2, 0) is 20.8 Å². The van der Waals surface area contributed by atoms with Crippen molar-refractivity contribution >= 4 is 17.8 Å². The van der Waals surface area contributed by atoms with Crippen LogP contribution in [0.5, 0.6) is 0 Å². The van der Waals surface area contributed by atoms with E-state index >= 15 is 0 Å². The van der Waals surface area contributed by atoms with Gasteiger partial charge in [-0.15, -0.1) is 0 Å². The fourth-order valence-electron chi connectivity index (χ4n) is 1.92. The molecule has 0 fully saturated rings. The molecule has 0 aromatic heterocycles. The zero-order valence-electron chi connectivity index (χ0n) is 13.3. The Morgan fingerprint density at radius 2 is 1.74 bits per heavy atom. The van der Waals surface area contributed by atoms with E-state index in [1.807, 2.05) is 30.3 Å². The zero-order chi connectivity index (χ0) is 17.4. The quantitative estimate of drug-likeness (QED) is 0.532. The molecule has 126 valence electrons. The minimum atomic E-state index is -1.15. The fraction of sp³-hybridized carbons (Fsp3) is 0.438. The van der Waals surface area contributed by atoms with Crippen molar-refractivity contribution in [3.05, 3.63) is 35.9 Å². The molecule has 5 N–H and O–H groups in total. The normalized spacial score (nSPS) is 13.2. The topological polar surface area (TPSA) is 122 Å². The lowest BCUT2D eigenvalue weighted by Gasteiger charge is -2.22. The molecule has 7 heteroatoms. The van der Waals surface area contributed by atoms with Gasteiger partial charge in [-0.05, 0) is 11.5 Å². The number of carbonyl (C=O) groups is 3. The molecule has 0 radical (unpaired) electrons. The standard InChI is InChI=1S/C16H23N3O4/c1-10(2)14(17)16(23)19-12(15(22)18-9-13(20)21)8-11-6-4-3-5-7-11/h3-7,10,12,14H,8-9,17H2,1-2H3,(H,18,22)(H,19,23)(H,20,21). The molecule has 0 saturated carbocycles. The summed E-state index contributed by atoms with van der Waals surface area (Å²) in [6.07, 6.45) is 0.253. The maximum absolute atomic E-state index is 12.2. The Morgan fingerprint density at radius 1 is 1.13 bits per heavy atom. The van der Waals surface area contributed by atoms with Gasteiger partial charge in [0.15, 0.2) is 0 Å². The molecule has 2 amide bonds. The van der Waals surface area contributed by atoms with E-state index in [1.54, 1.807) is 13.8 Å². The van der Waals surface area contributed by atoms with Crippen LogP contribution in [0.4, 0.5) is 0 Å². The van der Waals surface area contributed by atoms with Crippen LogP contribution in [-0.4, -0.2) is 41.5 Å². The van der Waals surface area contributed by atoms with Gasteiger partial charge in [-0.2, -0.15) is 0 Å². The van der Waals surface area contributed by atoms with Gasteiger partial charge in [-0.25, -0.2) is 0 Å². The summed E-state index contributed by atoms with van der Waals surface area (Å²) in [6.45, 7) is 3.11. The van der Waals surface area contributed by atoms with E-state index in [2.05, 4.69) is 10.6 Å². The van der Waals surface area contributed by atoms with Crippen molar-refractivity contribution in [2.45, 2.75) is 32.4 Å². The van der Waals surface area contributed by atoms with Crippen LogP contribution in [0.15, 0.2) is 30.3 Å². The molecule has 2 unspecified atom stereocenters.